The second kappa shape index (κ2) is 16.8. The lowest BCUT2D eigenvalue weighted by atomic mass is 9.98. The second-order valence-electron chi connectivity index (χ2n) is 13.6. The van der Waals surface area contributed by atoms with Crippen LogP contribution in [0.3, 0.4) is 0 Å². The van der Waals surface area contributed by atoms with Crippen molar-refractivity contribution in [2.75, 3.05) is 42.7 Å². The minimum absolute atomic E-state index is 0.0688. The Labute approximate surface area is 345 Å². The maximum Gasteiger partial charge on any atom is 0.995 e. The molecule has 1 aliphatic heterocycles. The van der Waals surface area contributed by atoms with Crippen LogP contribution in [0.25, 0.3) is 39.9 Å². The number of benzene rings is 2. The van der Waals surface area contributed by atoms with E-state index in [0.717, 1.165) is 22.3 Å². The van der Waals surface area contributed by atoms with Crippen molar-refractivity contribution < 1.29 is 46.0 Å². The zero-order valence-electron chi connectivity index (χ0n) is 35.2. The molecule has 0 saturated heterocycles. The van der Waals surface area contributed by atoms with E-state index in [0.29, 0.717) is 106 Å². The third-order valence-corrected chi connectivity index (χ3v) is 10.5. The largest absolute Gasteiger partial charge is 0.995 e. The SMILES string of the molecule is CCc1c(C2=CC(c3[nH]c(-c4cn(-c5cc(OC)c(OC)c(OC)c5)nn4)c(CC)c3CC)=[O+][B-](F)(F)O2)[nH]c(-c2cn(-c3cc(OC)c(OC)c(OC)c3)nn2)c1CC. The van der Waals surface area contributed by atoms with Gasteiger partial charge in [-0.05, 0) is 47.9 Å². The Morgan fingerprint density at radius 1 is 0.583 bits per heavy atom. The fourth-order valence-electron chi connectivity index (χ4n) is 7.75. The average Bonchev–Trinajstić information content (AvgIpc) is 4.09. The van der Waals surface area contributed by atoms with Crippen LogP contribution >= 0.6 is 0 Å². The Balaban J connectivity index is 1.29. The maximum absolute atomic E-state index is 15.7. The lowest BCUT2D eigenvalue weighted by molar-refractivity contribution is -0.183. The van der Waals surface area contributed by atoms with Gasteiger partial charge in [0.1, 0.15) is 22.8 Å². The molecule has 0 aliphatic carbocycles. The molecule has 7 rings (SSSR count). The zero-order valence-corrected chi connectivity index (χ0v) is 35.2. The highest BCUT2D eigenvalue weighted by Gasteiger charge is 2.54. The van der Waals surface area contributed by atoms with E-state index in [9.17, 15) is 0 Å². The van der Waals surface area contributed by atoms with Crippen LogP contribution in [0.15, 0.2) is 42.7 Å². The minimum Gasteiger partial charge on any atom is -0.568 e. The summed E-state index contributed by atoms with van der Waals surface area (Å²) in [5.41, 5.74) is 7.59. The van der Waals surface area contributed by atoms with Crippen LogP contribution in [0.4, 0.5) is 8.63 Å². The average molecular weight is 829 g/mol. The van der Waals surface area contributed by atoms with Gasteiger partial charge in [-0.15, -0.1) is 10.2 Å². The van der Waals surface area contributed by atoms with Crippen LogP contribution in [-0.2, 0) is 30.3 Å². The van der Waals surface area contributed by atoms with Crippen molar-refractivity contribution in [3.8, 4) is 68.6 Å². The number of methoxy groups -OCH3 is 6. The molecule has 0 fully saturated rings. The first-order valence-electron chi connectivity index (χ1n) is 19.4. The van der Waals surface area contributed by atoms with Gasteiger partial charge < -0.3 is 56.0 Å². The van der Waals surface area contributed by atoms with Crippen molar-refractivity contribution in [3.05, 3.63) is 76.4 Å². The van der Waals surface area contributed by atoms with Crippen LogP contribution in [0.1, 0.15) is 65.7 Å². The van der Waals surface area contributed by atoms with E-state index in [1.807, 2.05) is 27.7 Å². The number of nitrogens with one attached hydrogen (secondary N) is 2. The number of aromatic amines is 2. The number of nitrogens with zero attached hydrogens (tertiary/aromatic N) is 6. The minimum atomic E-state index is -4.79. The quantitative estimate of drug-likeness (QED) is 0.0742. The number of H-pyrrole nitrogens is 2. The Bertz CT molecular complexity index is 2560. The molecule has 0 amide bonds. The van der Waals surface area contributed by atoms with Crippen molar-refractivity contribution in [1.82, 2.24) is 40.0 Å². The number of ether oxygens (including phenoxy) is 6. The standard InChI is InChI=1S/C41H47BF2N8O8/c1-11-24-26(13-3)38(45-36(24)28-20-51(49-47-28)22-15-32(53-5)40(57-9)33(16-22)54-6)30-19-31(60-42(43,44)59-30)39-27(14-4)25(12-2)37(46-39)29-21-52(50-48-29)23-17-34(55-7)41(58-10)35(18-23)56-8/h15-21,45-46H,11-14H2,1-10H3. The molecular weight excluding hydrogens is 781 g/mol. The lowest BCUT2D eigenvalue weighted by Gasteiger charge is -2.20. The second-order valence-corrected chi connectivity index (χ2v) is 13.6. The maximum atomic E-state index is 15.7. The van der Waals surface area contributed by atoms with Crippen LogP contribution in [-0.4, -0.2) is 95.5 Å². The fraction of sp³-hybridized carbons (Fsp3) is 0.341. The molecule has 16 nitrogen and oxygen atoms in total. The Morgan fingerprint density at radius 3 is 1.35 bits per heavy atom. The zero-order chi connectivity index (χ0) is 42.9. The highest BCUT2D eigenvalue weighted by molar-refractivity contribution is 6.52. The molecule has 2 aromatic carbocycles. The number of carbonyl (C=O) groups excluding carboxylic acids is 1. The van der Waals surface area contributed by atoms with Crippen molar-refractivity contribution >= 4 is 18.6 Å². The monoisotopic (exact) mass is 828 g/mol. The number of hydrogen-bond donors (Lipinski definition) is 2. The number of halogens is 2. The molecule has 4 aromatic heterocycles. The predicted molar refractivity (Wildman–Crippen MR) is 220 cm³/mol. The summed E-state index contributed by atoms with van der Waals surface area (Å²) in [5, 5.41) is 17.7. The molecule has 1 aliphatic rings. The molecular formula is C41H47BF2N8O8. The summed E-state index contributed by atoms with van der Waals surface area (Å²) in [5.74, 6) is 2.51. The Hall–Kier alpha value is -6.79. The number of hydrogen-bond acceptors (Lipinski definition) is 11. The Morgan fingerprint density at radius 2 is 0.967 bits per heavy atom. The summed E-state index contributed by atoms with van der Waals surface area (Å²) in [6.45, 7) is 7.90. The molecule has 0 saturated carbocycles. The van der Waals surface area contributed by atoms with Gasteiger partial charge in [0, 0.05) is 24.3 Å². The van der Waals surface area contributed by atoms with E-state index in [1.165, 1.54) is 48.7 Å². The van der Waals surface area contributed by atoms with Gasteiger partial charge in [-0.1, -0.05) is 38.1 Å². The number of ketones is 1. The molecule has 60 heavy (non-hydrogen) atoms. The smallest absolute Gasteiger partial charge is 0.568 e. The van der Waals surface area contributed by atoms with Gasteiger partial charge in [-0.3, -0.25) is 0 Å². The van der Waals surface area contributed by atoms with E-state index >= 15 is 8.63 Å². The van der Waals surface area contributed by atoms with E-state index < -0.39 is 7.11 Å². The molecule has 316 valence electrons. The van der Waals surface area contributed by atoms with E-state index in [2.05, 4.69) is 30.6 Å². The first kappa shape index (κ1) is 41.4. The third kappa shape index (κ3) is 7.28. The van der Waals surface area contributed by atoms with Crippen LogP contribution in [0.2, 0.25) is 0 Å². The van der Waals surface area contributed by atoms with Gasteiger partial charge in [0.15, 0.2) is 23.0 Å². The molecule has 0 spiro atoms. The molecule has 0 atom stereocenters. The Kier molecular flexibility index (Phi) is 11.6. The molecule has 6 aromatic rings. The predicted octanol–water partition coefficient (Wildman–Crippen LogP) is 7.30. The topological polar surface area (TPSA) is 169 Å². The highest BCUT2D eigenvalue weighted by Crippen LogP contribution is 2.42. The molecule has 0 radical (unpaired) electrons. The molecule has 2 N–H and O–H groups in total. The summed E-state index contributed by atoms with van der Waals surface area (Å²) >= 11 is 0. The molecule has 19 heteroatoms. The van der Waals surface area contributed by atoms with Crippen molar-refractivity contribution in [1.29, 1.82) is 0 Å². The summed E-state index contributed by atoms with van der Waals surface area (Å²) < 4.78 is 78.4. The van der Waals surface area contributed by atoms with Gasteiger partial charge in [0.25, 0.3) is 0 Å². The molecule has 5 heterocycles. The normalized spacial score (nSPS) is 13.4. The van der Waals surface area contributed by atoms with E-state index in [-0.39, 0.29) is 11.5 Å². The van der Waals surface area contributed by atoms with Crippen LogP contribution in [0, 0.1) is 0 Å². The summed E-state index contributed by atoms with van der Waals surface area (Å²) in [6, 6.07) is 7.00. The number of rotatable bonds is 16. The van der Waals surface area contributed by atoms with Gasteiger partial charge in [0.05, 0.1) is 89.6 Å². The summed E-state index contributed by atoms with van der Waals surface area (Å²) in [6.07, 6.45) is 7.15. The lowest BCUT2D eigenvalue weighted by Crippen LogP contribution is -2.31. The van der Waals surface area contributed by atoms with E-state index in [4.69, 9.17) is 37.4 Å². The first-order valence-corrected chi connectivity index (χ1v) is 19.4. The summed E-state index contributed by atoms with van der Waals surface area (Å²) in [4.78, 5) is 6.74. The van der Waals surface area contributed by atoms with Gasteiger partial charge >= 0.3 is 12.9 Å². The fourth-order valence-corrected chi connectivity index (χ4v) is 7.75. The highest BCUT2D eigenvalue weighted by atomic mass is 19.3. The molecule has 0 unspecified atom stereocenters. The molecule has 0 bridgehead atoms. The van der Waals surface area contributed by atoms with Crippen molar-refractivity contribution in [2.24, 2.45) is 0 Å². The summed E-state index contributed by atoms with van der Waals surface area (Å²) in [7, 11) is 4.38. The van der Waals surface area contributed by atoms with Crippen molar-refractivity contribution in [3.63, 3.8) is 0 Å². The first-order chi connectivity index (χ1) is 29.0. The van der Waals surface area contributed by atoms with Gasteiger partial charge in [-0.25, -0.2) is 9.36 Å². The van der Waals surface area contributed by atoms with Crippen LogP contribution < -0.4 is 28.4 Å². The number of aromatic nitrogens is 8. The van der Waals surface area contributed by atoms with Gasteiger partial charge in [-0.2, -0.15) is 0 Å². The third-order valence-electron chi connectivity index (χ3n) is 10.5. The van der Waals surface area contributed by atoms with E-state index in [1.54, 1.807) is 46.0 Å². The van der Waals surface area contributed by atoms with Crippen LogP contribution in [0.5, 0.6) is 34.5 Å². The number of allylic oxidation sites excluding steroid dienone is 1. The van der Waals surface area contributed by atoms with Gasteiger partial charge in [0.2, 0.25) is 11.5 Å². The van der Waals surface area contributed by atoms with Crippen molar-refractivity contribution in [2.45, 2.75) is 53.4 Å².